The van der Waals surface area contributed by atoms with E-state index in [1.807, 2.05) is 0 Å². The van der Waals surface area contributed by atoms with Gasteiger partial charge in [0.05, 0.1) is 0 Å². The summed E-state index contributed by atoms with van der Waals surface area (Å²) in [5, 5.41) is 8.78. The van der Waals surface area contributed by atoms with Crippen molar-refractivity contribution < 1.29 is 9.90 Å². The smallest absolute Gasteiger partial charge is 0.303 e. The number of rotatable bonds is 3. The van der Waals surface area contributed by atoms with Crippen molar-refractivity contribution in [1.29, 1.82) is 0 Å². The van der Waals surface area contributed by atoms with Crippen molar-refractivity contribution in [2.45, 2.75) is 32.2 Å². The monoisotopic (exact) mass is 233 g/mol. The molecule has 1 aromatic rings. The second kappa shape index (κ2) is 5.32. The molecule has 1 N–H and O–H groups in total. The summed E-state index contributed by atoms with van der Waals surface area (Å²) in [6, 6.07) is 6.31. The Bertz CT molecular complexity index is 415. The molecule has 0 saturated heterocycles. The molecule has 0 atom stereocenters. The molecule has 0 aliphatic carbocycles. The summed E-state index contributed by atoms with van der Waals surface area (Å²) in [6.07, 6.45) is 3.17. The number of nitrogens with zero attached hydrogens (tertiary/aromatic N) is 1. The van der Waals surface area contributed by atoms with Crippen LogP contribution in [0.15, 0.2) is 18.2 Å². The maximum absolute atomic E-state index is 10.7. The molecule has 0 fully saturated rings. The standard InChI is InChI=1S/C14H19NO2/c1-15-9-3-6-11-4-2-5-12(13(11)10-15)7-8-14(16)17/h2,4-5H,3,6-10H2,1H3,(H,16,17). The first-order chi connectivity index (χ1) is 8.16. The summed E-state index contributed by atoms with van der Waals surface area (Å²) >= 11 is 0. The lowest BCUT2D eigenvalue weighted by atomic mass is 9.96. The van der Waals surface area contributed by atoms with Crippen LogP contribution in [0.1, 0.15) is 29.5 Å². The molecule has 0 saturated carbocycles. The number of aryl methyl sites for hydroxylation is 2. The Hall–Kier alpha value is -1.35. The highest BCUT2D eigenvalue weighted by molar-refractivity contribution is 5.67. The van der Waals surface area contributed by atoms with Gasteiger partial charge >= 0.3 is 5.97 Å². The summed E-state index contributed by atoms with van der Waals surface area (Å²) in [4.78, 5) is 13.0. The van der Waals surface area contributed by atoms with Gasteiger partial charge in [-0.3, -0.25) is 4.79 Å². The second-order valence-electron chi connectivity index (χ2n) is 4.79. The Kier molecular flexibility index (Phi) is 3.79. The fraction of sp³-hybridized carbons (Fsp3) is 0.500. The van der Waals surface area contributed by atoms with Crippen LogP contribution < -0.4 is 0 Å². The number of carbonyl (C=O) groups is 1. The molecule has 1 aliphatic heterocycles. The van der Waals surface area contributed by atoms with Crippen molar-refractivity contribution in [2.75, 3.05) is 13.6 Å². The largest absolute Gasteiger partial charge is 0.481 e. The number of hydrogen-bond acceptors (Lipinski definition) is 2. The first kappa shape index (κ1) is 12.1. The first-order valence-electron chi connectivity index (χ1n) is 6.17. The van der Waals surface area contributed by atoms with E-state index in [0.717, 1.165) is 19.5 Å². The van der Waals surface area contributed by atoms with Crippen LogP contribution in [-0.4, -0.2) is 29.6 Å². The van der Waals surface area contributed by atoms with Gasteiger partial charge in [-0.25, -0.2) is 0 Å². The maximum atomic E-state index is 10.7. The second-order valence-corrected chi connectivity index (χ2v) is 4.79. The predicted molar refractivity (Wildman–Crippen MR) is 67.1 cm³/mol. The SMILES string of the molecule is CN1CCCc2cccc(CCC(=O)O)c2C1. The number of hydrogen-bond donors (Lipinski definition) is 1. The minimum absolute atomic E-state index is 0.222. The summed E-state index contributed by atoms with van der Waals surface area (Å²) in [5.41, 5.74) is 3.96. The molecule has 1 aliphatic rings. The molecule has 2 rings (SSSR count). The number of carboxylic acids is 1. The van der Waals surface area contributed by atoms with Crippen LogP contribution in [0, 0.1) is 0 Å². The van der Waals surface area contributed by atoms with E-state index < -0.39 is 5.97 Å². The number of benzene rings is 1. The first-order valence-corrected chi connectivity index (χ1v) is 6.17. The normalized spacial score (nSPS) is 16.3. The van der Waals surface area contributed by atoms with E-state index in [1.54, 1.807) is 0 Å². The van der Waals surface area contributed by atoms with Crippen molar-refractivity contribution >= 4 is 5.97 Å². The van der Waals surface area contributed by atoms with Crippen molar-refractivity contribution in [2.24, 2.45) is 0 Å². The Labute approximate surface area is 102 Å². The van der Waals surface area contributed by atoms with E-state index in [2.05, 4.69) is 30.1 Å². The van der Waals surface area contributed by atoms with E-state index in [0.29, 0.717) is 6.42 Å². The van der Waals surface area contributed by atoms with Crippen LogP contribution in [0.25, 0.3) is 0 Å². The molecular formula is C14H19NO2. The molecule has 0 aromatic heterocycles. The topological polar surface area (TPSA) is 40.5 Å². The molecule has 3 nitrogen and oxygen atoms in total. The molecule has 0 bridgehead atoms. The van der Waals surface area contributed by atoms with Gasteiger partial charge in [0, 0.05) is 13.0 Å². The van der Waals surface area contributed by atoms with Gasteiger partial charge in [0.2, 0.25) is 0 Å². The van der Waals surface area contributed by atoms with Crippen molar-refractivity contribution in [3.63, 3.8) is 0 Å². The molecule has 3 heteroatoms. The van der Waals surface area contributed by atoms with Crippen LogP contribution in [0.5, 0.6) is 0 Å². The number of aliphatic carboxylic acids is 1. The Morgan fingerprint density at radius 1 is 1.47 bits per heavy atom. The molecule has 0 radical (unpaired) electrons. The van der Waals surface area contributed by atoms with Gasteiger partial charge in [-0.1, -0.05) is 18.2 Å². The summed E-state index contributed by atoms with van der Waals surface area (Å²) in [6.45, 7) is 2.07. The van der Waals surface area contributed by atoms with Gasteiger partial charge in [-0.05, 0) is 49.5 Å². The third-order valence-corrected chi connectivity index (χ3v) is 3.39. The van der Waals surface area contributed by atoms with Gasteiger partial charge in [0.1, 0.15) is 0 Å². The lowest BCUT2D eigenvalue weighted by Gasteiger charge is -2.16. The van der Waals surface area contributed by atoms with Crippen LogP contribution in [-0.2, 0) is 24.2 Å². The van der Waals surface area contributed by atoms with E-state index in [-0.39, 0.29) is 6.42 Å². The van der Waals surface area contributed by atoms with Gasteiger partial charge in [-0.2, -0.15) is 0 Å². The van der Waals surface area contributed by atoms with Crippen molar-refractivity contribution in [3.8, 4) is 0 Å². The lowest BCUT2D eigenvalue weighted by molar-refractivity contribution is -0.136. The quantitative estimate of drug-likeness (QED) is 0.869. The van der Waals surface area contributed by atoms with Gasteiger partial charge in [-0.15, -0.1) is 0 Å². The molecule has 17 heavy (non-hydrogen) atoms. The highest BCUT2D eigenvalue weighted by Gasteiger charge is 2.14. The molecule has 0 unspecified atom stereocenters. The van der Waals surface area contributed by atoms with Crippen molar-refractivity contribution in [1.82, 2.24) is 4.90 Å². The van der Waals surface area contributed by atoms with Gasteiger partial charge < -0.3 is 10.0 Å². The molecule has 92 valence electrons. The minimum atomic E-state index is -0.718. The number of carboxylic acid groups (broad SMARTS) is 1. The molecule has 1 heterocycles. The summed E-state index contributed by atoms with van der Waals surface area (Å²) in [5.74, 6) is -0.718. The maximum Gasteiger partial charge on any atom is 0.303 e. The third-order valence-electron chi connectivity index (χ3n) is 3.39. The fourth-order valence-corrected chi connectivity index (χ4v) is 2.49. The molecule has 1 aromatic carbocycles. The van der Waals surface area contributed by atoms with E-state index >= 15 is 0 Å². The number of fused-ring (bicyclic) bond motifs is 1. The van der Waals surface area contributed by atoms with Crippen LogP contribution in [0.4, 0.5) is 0 Å². The van der Waals surface area contributed by atoms with E-state index in [1.165, 1.54) is 23.1 Å². The van der Waals surface area contributed by atoms with E-state index in [9.17, 15) is 4.79 Å². The van der Waals surface area contributed by atoms with Crippen LogP contribution in [0.3, 0.4) is 0 Å². The third kappa shape index (κ3) is 3.07. The summed E-state index contributed by atoms with van der Waals surface area (Å²) in [7, 11) is 2.13. The fourth-order valence-electron chi connectivity index (χ4n) is 2.49. The van der Waals surface area contributed by atoms with Crippen LogP contribution >= 0.6 is 0 Å². The average Bonchev–Trinajstić information content (AvgIpc) is 2.47. The minimum Gasteiger partial charge on any atom is -0.481 e. The van der Waals surface area contributed by atoms with E-state index in [4.69, 9.17) is 5.11 Å². The van der Waals surface area contributed by atoms with Gasteiger partial charge in [0.25, 0.3) is 0 Å². The van der Waals surface area contributed by atoms with Gasteiger partial charge in [0.15, 0.2) is 0 Å². The Morgan fingerprint density at radius 2 is 2.29 bits per heavy atom. The molecule has 0 spiro atoms. The lowest BCUT2D eigenvalue weighted by Crippen LogP contribution is -2.18. The molecule has 0 amide bonds. The van der Waals surface area contributed by atoms with Crippen molar-refractivity contribution in [3.05, 3.63) is 34.9 Å². The zero-order valence-corrected chi connectivity index (χ0v) is 10.3. The Morgan fingerprint density at radius 3 is 3.06 bits per heavy atom. The zero-order chi connectivity index (χ0) is 12.3. The summed E-state index contributed by atoms with van der Waals surface area (Å²) < 4.78 is 0. The average molecular weight is 233 g/mol. The molecular weight excluding hydrogens is 214 g/mol. The highest BCUT2D eigenvalue weighted by atomic mass is 16.4. The highest BCUT2D eigenvalue weighted by Crippen LogP contribution is 2.22. The van der Waals surface area contributed by atoms with Crippen LogP contribution in [0.2, 0.25) is 0 Å². The Balaban J connectivity index is 2.24. The predicted octanol–water partition coefficient (Wildman–Crippen LogP) is 2.08. The zero-order valence-electron chi connectivity index (χ0n) is 10.3.